The molecule has 1 aliphatic heterocycles. The lowest BCUT2D eigenvalue weighted by molar-refractivity contribution is 0.0728. The summed E-state index contributed by atoms with van der Waals surface area (Å²) in [6.45, 7) is 3.81. The molecule has 1 amide bonds. The SMILES string of the molecule is CCCc1nc(C(=O)N2CCOc3ccccc3C2)cs1. The molecule has 1 aliphatic rings. The van der Waals surface area contributed by atoms with Crippen LogP contribution in [0, 0.1) is 0 Å². The Morgan fingerprint density at radius 3 is 3.14 bits per heavy atom. The van der Waals surface area contributed by atoms with Gasteiger partial charge in [0.15, 0.2) is 0 Å². The van der Waals surface area contributed by atoms with Gasteiger partial charge in [-0.1, -0.05) is 25.1 Å². The van der Waals surface area contributed by atoms with Gasteiger partial charge < -0.3 is 9.64 Å². The number of ether oxygens (including phenoxy) is 1. The molecule has 1 aromatic carbocycles. The molecule has 2 aromatic rings. The molecule has 4 nitrogen and oxygen atoms in total. The molecule has 21 heavy (non-hydrogen) atoms. The highest BCUT2D eigenvalue weighted by atomic mass is 32.1. The topological polar surface area (TPSA) is 42.4 Å². The van der Waals surface area contributed by atoms with E-state index in [0.29, 0.717) is 25.4 Å². The number of hydrogen-bond acceptors (Lipinski definition) is 4. The third-order valence-corrected chi connectivity index (χ3v) is 4.38. The van der Waals surface area contributed by atoms with Crippen molar-refractivity contribution in [1.29, 1.82) is 0 Å². The van der Waals surface area contributed by atoms with Gasteiger partial charge in [0, 0.05) is 17.5 Å². The number of aryl methyl sites for hydroxylation is 1. The third kappa shape index (κ3) is 3.08. The van der Waals surface area contributed by atoms with Crippen molar-refractivity contribution in [3.8, 4) is 5.75 Å². The average molecular weight is 302 g/mol. The number of hydrogen-bond donors (Lipinski definition) is 0. The molecule has 0 radical (unpaired) electrons. The van der Waals surface area contributed by atoms with Gasteiger partial charge in [-0.05, 0) is 18.9 Å². The second-order valence-electron chi connectivity index (χ2n) is 5.06. The molecule has 2 heterocycles. The molecular weight excluding hydrogens is 284 g/mol. The first-order chi connectivity index (χ1) is 10.3. The maximum atomic E-state index is 12.6. The molecule has 0 saturated carbocycles. The van der Waals surface area contributed by atoms with Crippen molar-refractivity contribution in [3.63, 3.8) is 0 Å². The lowest BCUT2D eigenvalue weighted by atomic mass is 10.2. The van der Waals surface area contributed by atoms with Crippen LogP contribution >= 0.6 is 11.3 Å². The zero-order valence-electron chi connectivity index (χ0n) is 12.0. The molecule has 0 fully saturated rings. The maximum Gasteiger partial charge on any atom is 0.273 e. The predicted octanol–water partition coefficient (Wildman–Crippen LogP) is 3.13. The number of carbonyl (C=O) groups is 1. The minimum absolute atomic E-state index is 0.00564. The summed E-state index contributed by atoms with van der Waals surface area (Å²) in [5.41, 5.74) is 1.61. The van der Waals surface area contributed by atoms with Gasteiger partial charge in [0.05, 0.1) is 11.6 Å². The highest BCUT2D eigenvalue weighted by Crippen LogP contribution is 2.23. The van der Waals surface area contributed by atoms with Crippen LogP contribution in [0.4, 0.5) is 0 Å². The number of nitrogens with zero attached hydrogens (tertiary/aromatic N) is 2. The van der Waals surface area contributed by atoms with Crippen molar-refractivity contribution >= 4 is 17.2 Å². The van der Waals surface area contributed by atoms with Gasteiger partial charge in [0.25, 0.3) is 5.91 Å². The minimum Gasteiger partial charge on any atom is -0.491 e. The maximum absolute atomic E-state index is 12.6. The van der Waals surface area contributed by atoms with E-state index in [1.54, 1.807) is 11.3 Å². The highest BCUT2D eigenvalue weighted by Gasteiger charge is 2.22. The molecule has 0 atom stereocenters. The zero-order chi connectivity index (χ0) is 14.7. The van der Waals surface area contributed by atoms with Gasteiger partial charge in [-0.25, -0.2) is 4.98 Å². The van der Waals surface area contributed by atoms with Crippen LogP contribution in [0.5, 0.6) is 5.75 Å². The van der Waals surface area contributed by atoms with Crippen LogP contribution in [0.15, 0.2) is 29.6 Å². The Labute approximate surface area is 128 Å². The molecule has 0 spiro atoms. The van der Waals surface area contributed by atoms with Crippen LogP contribution in [0.1, 0.15) is 34.4 Å². The smallest absolute Gasteiger partial charge is 0.273 e. The Hall–Kier alpha value is -1.88. The van der Waals surface area contributed by atoms with E-state index in [4.69, 9.17) is 4.74 Å². The van der Waals surface area contributed by atoms with Gasteiger partial charge in [0.2, 0.25) is 0 Å². The summed E-state index contributed by atoms with van der Waals surface area (Å²) in [7, 11) is 0. The van der Waals surface area contributed by atoms with E-state index in [1.807, 2.05) is 34.5 Å². The van der Waals surface area contributed by atoms with Crippen molar-refractivity contribution in [2.24, 2.45) is 0 Å². The summed E-state index contributed by atoms with van der Waals surface area (Å²) in [5, 5.41) is 2.90. The highest BCUT2D eigenvalue weighted by molar-refractivity contribution is 7.09. The Kier molecular flexibility index (Phi) is 4.20. The number of carbonyl (C=O) groups excluding carboxylic acids is 1. The zero-order valence-corrected chi connectivity index (χ0v) is 12.9. The fourth-order valence-electron chi connectivity index (χ4n) is 2.40. The first kappa shape index (κ1) is 14.1. The Morgan fingerprint density at radius 1 is 1.43 bits per heavy atom. The molecule has 110 valence electrons. The van der Waals surface area contributed by atoms with Crippen LogP contribution in [0.25, 0.3) is 0 Å². The lowest BCUT2D eigenvalue weighted by Gasteiger charge is -2.18. The van der Waals surface area contributed by atoms with Crippen molar-refractivity contribution < 1.29 is 9.53 Å². The van der Waals surface area contributed by atoms with Gasteiger partial charge >= 0.3 is 0 Å². The van der Waals surface area contributed by atoms with Crippen molar-refractivity contribution in [2.75, 3.05) is 13.2 Å². The number of thiazole rings is 1. The fourth-order valence-corrected chi connectivity index (χ4v) is 3.27. The third-order valence-electron chi connectivity index (χ3n) is 3.47. The van der Waals surface area contributed by atoms with E-state index in [1.165, 1.54) is 0 Å². The number of fused-ring (bicyclic) bond motifs is 1. The number of rotatable bonds is 3. The first-order valence-electron chi connectivity index (χ1n) is 7.22. The van der Waals surface area contributed by atoms with Crippen molar-refractivity contribution in [1.82, 2.24) is 9.88 Å². The lowest BCUT2D eigenvalue weighted by Crippen LogP contribution is -2.32. The number of benzene rings is 1. The monoisotopic (exact) mass is 302 g/mol. The van der Waals surface area contributed by atoms with Crippen LogP contribution in [-0.2, 0) is 13.0 Å². The molecule has 0 N–H and O–H groups in total. The summed E-state index contributed by atoms with van der Waals surface area (Å²) in [6.07, 6.45) is 1.98. The van der Waals surface area contributed by atoms with E-state index >= 15 is 0 Å². The molecule has 5 heteroatoms. The Morgan fingerprint density at radius 2 is 2.29 bits per heavy atom. The molecule has 0 bridgehead atoms. The van der Waals surface area contributed by atoms with Gasteiger partial charge in [-0.2, -0.15) is 0 Å². The summed E-state index contributed by atoms with van der Waals surface area (Å²) >= 11 is 1.57. The van der Waals surface area contributed by atoms with E-state index in [0.717, 1.165) is 29.2 Å². The summed E-state index contributed by atoms with van der Waals surface area (Å²) in [5.74, 6) is 0.867. The van der Waals surface area contributed by atoms with E-state index in [2.05, 4.69) is 11.9 Å². The number of aromatic nitrogens is 1. The van der Waals surface area contributed by atoms with Crippen LogP contribution in [0.2, 0.25) is 0 Å². The predicted molar refractivity (Wildman–Crippen MR) is 82.8 cm³/mol. The Bertz CT molecular complexity index is 639. The van der Waals surface area contributed by atoms with Crippen molar-refractivity contribution in [3.05, 3.63) is 45.9 Å². The van der Waals surface area contributed by atoms with Crippen LogP contribution < -0.4 is 4.74 Å². The molecule has 3 rings (SSSR count). The van der Waals surface area contributed by atoms with Crippen LogP contribution in [-0.4, -0.2) is 28.9 Å². The Balaban J connectivity index is 1.78. The first-order valence-corrected chi connectivity index (χ1v) is 8.10. The normalized spacial score (nSPS) is 14.2. The molecular formula is C16H18N2O2S. The van der Waals surface area contributed by atoms with Crippen molar-refractivity contribution in [2.45, 2.75) is 26.3 Å². The van der Waals surface area contributed by atoms with Gasteiger partial charge in [-0.3, -0.25) is 4.79 Å². The molecule has 0 unspecified atom stereocenters. The van der Waals surface area contributed by atoms with Gasteiger partial charge in [0.1, 0.15) is 18.1 Å². The quantitative estimate of drug-likeness (QED) is 0.875. The number of para-hydroxylation sites is 1. The van der Waals surface area contributed by atoms with E-state index < -0.39 is 0 Å². The molecule has 0 aliphatic carbocycles. The van der Waals surface area contributed by atoms with Crippen LogP contribution in [0.3, 0.4) is 0 Å². The number of amides is 1. The summed E-state index contributed by atoms with van der Waals surface area (Å²) < 4.78 is 5.70. The summed E-state index contributed by atoms with van der Waals surface area (Å²) in [6, 6.07) is 7.88. The average Bonchev–Trinajstić information content (AvgIpc) is 2.85. The standard InChI is InChI=1S/C16H18N2O2S/c1-2-5-15-17-13(11-21-15)16(19)18-8-9-20-14-7-4-3-6-12(14)10-18/h3-4,6-7,11H,2,5,8-10H2,1H3. The van der Waals surface area contributed by atoms with E-state index in [9.17, 15) is 4.79 Å². The molecule has 1 aromatic heterocycles. The molecule has 0 saturated heterocycles. The second kappa shape index (κ2) is 6.26. The fraction of sp³-hybridized carbons (Fsp3) is 0.375. The minimum atomic E-state index is -0.00564. The largest absolute Gasteiger partial charge is 0.491 e. The van der Waals surface area contributed by atoms with E-state index in [-0.39, 0.29) is 5.91 Å². The van der Waals surface area contributed by atoms with Gasteiger partial charge in [-0.15, -0.1) is 11.3 Å². The summed E-state index contributed by atoms with van der Waals surface area (Å²) in [4.78, 5) is 18.9. The second-order valence-corrected chi connectivity index (χ2v) is 6.00.